The fourth-order valence-electron chi connectivity index (χ4n) is 3.69. The van der Waals surface area contributed by atoms with Gasteiger partial charge in [0.2, 0.25) is 4.77 Å². The summed E-state index contributed by atoms with van der Waals surface area (Å²) in [5.74, 6) is 0.696. The lowest BCUT2D eigenvalue weighted by Crippen LogP contribution is -2.17. The zero-order valence-corrected chi connectivity index (χ0v) is 17.3. The van der Waals surface area contributed by atoms with Crippen LogP contribution in [0.4, 0.5) is 17.1 Å². The summed E-state index contributed by atoms with van der Waals surface area (Å²) in [5.41, 5.74) is 3.76. The van der Waals surface area contributed by atoms with E-state index in [0.717, 1.165) is 35.1 Å². The van der Waals surface area contributed by atoms with E-state index < -0.39 is 0 Å². The van der Waals surface area contributed by atoms with E-state index in [1.165, 1.54) is 0 Å². The molecule has 9 heteroatoms. The molecule has 1 aliphatic heterocycles. The molecule has 0 radical (unpaired) electrons. The fraction of sp³-hybridized carbons (Fsp3) is 0.300. The third-order valence-corrected chi connectivity index (χ3v) is 5.37. The number of nitrogens with zero attached hydrogens (tertiary/aromatic N) is 4. The summed E-state index contributed by atoms with van der Waals surface area (Å²) in [5, 5.41) is 25.3. The van der Waals surface area contributed by atoms with Crippen LogP contribution < -0.4 is 15.3 Å². The van der Waals surface area contributed by atoms with Crippen LogP contribution in [-0.2, 0) is 6.54 Å². The minimum Gasteiger partial charge on any atom is -0.733 e. The number of ether oxygens (including phenoxy) is 1. The number of fused-ring (bicyclic) bond motifs is 2. The van der Waals surface area contributed by atoms with Crippen LogP contribution in [0, 0.1) is 9.98 Å². The molecule has 1 aromatic heterocycles. The van der Waals surface area contributed by atoms with E-state index in [-0.39, 0.29) is 10.9 Å². The Morgan fingerprint density at radius 3 is 2.76 bits per heavy atom. The largest absolute Gasteiger partial charge is 0.733 e. The summed E-state index contributed by atoms with van der Waals surface area (Å²) in [4.78, 5) is 6.83. The van der Waals surface area contributed by atoms with Crippen molar-refractivity contribution in [2.75, 3.05) is 38.3 Å². The molecule has 8 nitrogen and oxygen atoms in total. The SMILES string of the molecule is COc1ccc2c(c1)-c1nc(=S)n(CCCN(C)C)c3ccc(N([O-])O)c(c13)N2. The van der Waals surface area contributed by atoms with Crippen molar-refractivity contribution in [3.63, 3.8) is 0 Å². The predicted octanol–water partition coefficient (Wildman–Crippen LogP) is 4.14. The first-order chi connectivity index (χ1) is 13.9. The lowest BCUT2D eigenvalue weighted by Gasteiger charge is -2.30. The zero-order valence-electron chi connectivity index (χ0n) is 16.5. The maximum absolute atomic E-state index is 11.8. The van der Waals surface area contributed by atoms with Crippen LogP contribution >= 0.6 is 12.2 Å². The van der Waals surface area contributed by atoms with Crippen LogP contribution in [0.3, 0.4) is 0 Å². The maximum Gasteiger partial charge on any atom is 0.200 e. The smallest absolute Gasteiger partial charge is 0.200 e. The van der Waals surface area contributed by atoms with Gasteiger partial charge in [-0.25, -0.2) is 4.98 Å². The van der Waals surface area contributed by atoms with Gasteiger partial charge in [0.1, 0.15) is 5.75 Å². The van der Waals surface area contributed by atoms with Gasteiger partial charge in [-0.1, -0.05) is 0 Å². The van der Waals surface area contributed by atoms with Gasteiger partial charge in [0, 0.05) is 17.8 Å². The van der Waals surface area contributed by atoms with Crippen LogP contribution in [-0.4, -0.2) is 47.4 Å². The molecule has 0 saturated carbocycles. The van der Waals surface area contributed by atoms with Crippen LogP contribution in [0.1, 0.15) is 6.42 Å². The van der Waals surface area contributed by atoms with Gasteiger partial charge in [-0.2, -0.15) is 0 Å². The van der Waals surface area contributed by atoms with Crippen molar-refractivity contribution in [1.29, 1.82) is 0 Å². The Kier molecular flexibility index (Phi) is 5.13. The zero-order chi connectivity index (χ0) is 20.7. The Morgan fingerprint density at radius 2 is 2.07 bits per heavy atom. The topological polar surface area (TPSA) is 88.9 Å². The molecule has 2 N–H and O–H groups in total. The maximum atomic E-state index is 11.8. The molecule has 2 aromatic carbocycles. The molecule has 4 rings (SSSR count). The Labute approximate surface area is 173 Å². The molecule has 0 spiro atoms. The normalized spacial score (nSPS) is 12.1. The van der Waals surface area contributed by atoms with Crippen LogP contribution in [0.2, 0.25) is 0 Å². The predicted molar refractivity (Wildman–Crippen MR) is 117 cm³/mol. The van der Waals surface area contributed by atoms with Crippen LogP contribution in [0.25, 0.3) is 22.2 Å². The van der Waals surface area contributed by atoms with E-state index in [0.29, 0.717) is 28.4 Å². The van der Waals surface area contributed by atoms with E-state index in [9.17, 15) is 10.4 Å². The Hall–Kier alpha value is -2.72. The minimum atomic E-state index is -0.127. The molecule has 0 fully saturated rings. The van der Waals surface area contributed by atoms with Gasteiger partial charge in [0.15, 0.2) is 0 Å². The number of benzene rings is 2. The molecule has 0 unspecified atom stereocenters. The van der Waals surface area contributed by atoms with Gasteiger partial charge in [-0.15, -0.1) is 0 Å². The van der Waals surface area contributed by atoms with Gasteiger partial charge in [0.05, 0.1) is 35.1 Å². The summed E-state index contributed by atoms with van der Waals surface area (Å²) in [7, 11) is 5.66. The number of aromatic nitrogens is 2. The van der Waals surface area contributed by atoms with Gasteiger partial charge in [-0.05, 0) is 69.6 Å². The van der Waals surface area contributed by atoms with Gasteiger partial charge in [0.25, 0.3) is 0 Å². The molecule has 29 heavy (non-hydrogen) atoms. The highest BCUT2D eigenvalue weighted by molar-refractivity contribution is 7.71. The van der Waals surface area contributed by atoms with Crippen molar-refractivity contribution < 1.29 is 9.94 Å². The van der Waals surface area contributed by atoms with Crippen molar-refractivity contribution in [3.8, 4) is 17.0 Å². The average Bonchev–Trinajstić information content (AvgIpc) is 2.69. The first-order valence-corrected chi connectivity index (χ1v) is 9.65. The molecule has 0 aliphatic carbocycles. The molecule has 0 atom stereocenters. The summed E-state index contributed by atoms with van der Waals surface area (Å²) < 4.78 is 7.82. The Balaban J connectivity index is 1.98. The van der Waals surface area contributed by atoms with E-state index in [1.54, 1.807) is 19.2 Å². The van der Waals surface area contributed by atoms with E-state index in [2.05, 4.69) is 10.2 Å². The van der Waals surface area contributed by atoms with Gasteiger partial charge < -0.3 is 30.0 Å². The number of methoxy groups -OCH3 is 1. The standard InChI is InChI=1S/C20H22N5O3S/c1-23(2)9-4-10-24-15-7-8-16(25(26)27)19-17(15)18(22-20(24)29)13-11-12(28-3)5-6-14(13)21-19/h5-8,11,21,26H,4,9-10H2,1-3H3/q-1. The molecule has 0 bridgehead atoms. The fourth-order valence-corrected chi connectivity index (χ4v) is 3.97. The summed E-state index contributed by atoms with van der Waals surface area (Å²) in [6.45, 7) is 1.62. The summed E-state index contributed by atoms with van der Waals surface area (Å²) in [6, 6.07) is 8.96. The number of anilines is 3. The van der Waals surface area contributed by atoms with Crippen molar-refractivity contribution in [3.05, 3.63) is 40.3 Å². The highest BCUT2D eigenvalue weighted by Crippen LogP contribution is 2.47. The second-order valence-corrected chi connectivity index (χ2v) is 7.58. The second kappa shape index (κ2) is 7.60. The Bertz CT molecular complexity index is 1140. The number of nitrogens with one attached hydrogen (secondary N) is 1. The first kappa shape index (κ1) is 19.6. The highest BCUT2D eigenvalue weighted by atomic mass is 32.1. The summed E-state index contributed by atoms with van der Waals surface area (Å²) >= 11 is 5.62. The monoisotopic (exact) mass is 412 g/mol. The van der Waals surface area contributed by atoms with Crippen molar-refractivity contribution in [2.45, 2.75) is 13.0 Å². The van der Waals surface area contributed by atoms with E-state index >= 15 is 0 Å². The molecule has 2 heterocycles. The number of hydrogen-bond acceptors (Lipinski definition) is 8. The molecule has 3 aromatic rings. The van der Waals surface area contributed by atoms with Crippen LogP contribution in [0.15, 0.2) is 30.3 Å². The third-order valence-electron chi connectivity index (χ3n) is 5.06. The minimum absolute atomic E-state index is 0.124. The molecule has 152 valence electrons. The molecular formula is C20H22N5O3S-. The van der Waals surface area contributed by atoms with Crippen molar-refractivity contribution in [1.82, 2.24) is 14.5 Å². The van der Waals surface area contributed by atoms with Crippen molar-refractivity contribution in [2.24, 2.45) is 0 Å². The van der Waals surface area contributed by atoms with Gasteiger partial charge in [-0.3, -0.25) is 5.21 Å². The molecule has 0 saturated heterocycles. The van der Waals surface area contributed by atoms with Gasteiger partial charge >= 0.3 is 0 Å². The van der Waals surface area contributed by atoms with E-state index in [1.807, 2.05) is 36.9 Å². The third kappa shape index (κ3) is 3.42. The lowest BCUT2D eigenvalue weighted by molar-refractivity contribution is 0.297. The Morgan fingerprint density at radius 1 is 1.28 bits per heavy atom. The quantitative estimate of drug-likeness (QED) is 0.361. The van der Waals surface area contributed by atoms with Crippen molar-refractivity contribution >= 4 is 40.2 Å². The number of rotatable bonds is 6. The number of aryl methyl sites for hydroxylation is 1. The average molecular weight is 412 g/mol. The lowest BCUT2D eigenvalue weighted by atomic mass is 9.97. The number of hydrogen-bond donors (Lipinski definition) is 2. The first-order valence-electron chi connectivity index (χ1n) is 9.24. The van der Waals surface area contributed by atoms with E-state index in [4.69, 9.17) is 21.9 Å². The van der Waals surface area contributed by atoms with Crippen LogP contribution in [0.5, 0.6) is 5.75 Å². The molecule has 0 amide bonds. The molecular weight excluding hydrogens is 390 g/mol. The summed E-state index contributed by atoms with van der Waals surface area (Å²) in [6.07, 6.45) is 0.903. The second-order valence-electron chi connectivity index (χ2n) is 7.21. The highest BCUT2D eigenvalue weighted by Gasteiger charge is 2.24. The molecule has 1 aliphatic rings.